The third-order valence-corrected chi connectivity index (χ3v) is 7.23. The Morgan fingerprint density at radius 2 is 1.06 bits per heavy atom. The molecule has 1 fully saturated rings. The van der Waals surface area contributed by atoms with E-state index in [1.165, 1.54) is 0 Å². The van der Waals surface area contributed by atoms with E-state index in [1.807, 2.05) is 0 Å². The molecule has 4 amide bonds. The molecule has 2 N–H and O–H groups in total. The lowest BCUT2D eigenvalue weighted by Gasteiger charge is -2.27. The molecule has 1 aromatic rings. The molecule has 0 aromatic heterocycles. The first-order valence-corrected chi connectivity index (χ1v) is 16.9. The zero-order valence-electron chi connectivity index (χ0n) is 28.5. The van der Waals surface area contributed by atoms with Gasteiger partial charge in [-0.1, -0.05) is 6.07 Å². The maximum atomic E-state index is 13.1. The zero-order valence-corrected chi connectivity index (χ0v) is 28.5. The molecule has 2 aliphatic rings. The van der Waals surface area contributed by atoms with Gasteiger partial charge in [-0.2, -0.15) is 0 Å². The Bertz CT molecular complexity index is 1160. The van der Waals surface area contributed by atoms with Gasteiger partial charge in [-0.15, -0.1) is 0 Å². The lowest BCUT2D eigenvalue weighted by molar-refractivity contribution is -0.136. The highest BCUT2D eigenvalue weighted by molar-refractivity contribution is 6.25. The number of carbonyl (C=O) groups is 4. The van der Waals surface area contributed by atoms with Crippen LogP contribution in [0.5, 0.6) is 0 Å². The molecule has 282 valence electrons. The number of piperidine rings is 1. The molecule has 0 bridgehead atoms. The van der Waals surface area contributed by atoms with E-state index in [9.17, 15) is 23.6 Å². The number of amides is 4. The number of imide groups is 2. The van der Waals surface area contributed by atoms with Crippen LogP contribution in [0.15, 0.2) is 18.2 Å². The summed E-state index contributed by atoms with van der Waals surface area (Å²) in [6.45, 7) is 7.28. The van der Waals surface area contributed by atoms with Crippen LogP contribution in [-0.2, 0) is 52.2 Å². The van der Waals surface area contributed by atoms with Crippen molar-refractivity contribution >= 4 is 29.3 Å². The maximum Gasteiger partial charge on any atom is 0.264 e. The number of hydrogen-bond acceptors (Lipinski definition) is 14. The minimum Gasteiger partial charge on any atom is -0.382 e. The minimum atomic E-state index is -1.01. The Kier molecular flexibility index (Phi) is 21.3. The second-order valence-corrected chi connectivity index (χ2v) is 10.8. The summed E-state index contributed by atoms with van der Waals surface area (Å²) in [7, 11) is 0. The molecular formula is C33H50FN3O13. The summed E-state index contributed by atoms with van der Waals surface area (Å²) in [4.78, 5) is 50.8. The van der Waals surface area contributed by atoms with Crippen LogP contribution in [0.4, 0.5) is 10.1 Å². The van der Waals surface area contributed by atoms with Crippen molar-refractivity contribution in [1.82, 2.24) is 10.2 Å². The van der Waals surface area contributed by atoms with Crippen molar-refractivity contribution in [3.05, 3.63) is 29.3 Å². The molecular weight excluding hydrogens is 665 g/mol. The number of benzene rings is 1. The first-order chi connectivity index (χ1) is 24.5. The SMILES string of the molecule is O=C1CCC(N2C(=O)c3cccc(NCCOCCOCCOCCOCCOCCOCCOCCOCCOCCF)c3C2=O)C(=O)N1. The summed E-state index contributed by atoms with van der Waals surface area (Å²) in [6.07, 6.45) is 0.166. The molecule has 3 rings (SSSR count). The van der Waals surface area contributed by atoms with Gasteiger partial charge >= 0.3 is 0 Å². The number of nitrogens with zero attached hydrogens (tertiary/aromatic N) is 1. The van der Waals surface area contributed by atoms with Crippen LogP contribution in [0.3, 0.4) is 0 Å². The van der Waals surface area contributed by atoms with Crippen LogP contribution in [0.2, 0.25) is 0 Å². The van der Waals surface area contributed by atoms with Crippen LogP contribution < -0.4 is 10.6 Å². The van der Waals surface area contributed by atoms with Crippen molar-refractivity contribution in [2.75, 3.05) is 137 Å². The fourth-order valence-electron chi connectivity index (χ4n) is 4.84. The summed E-state index contributed by atoms with van der Waals surface area (Å²) in [5.74, 6) is -2.18. The van der Waals surface area contributed by atoms with Crippen LogP contribution in [0.1, 0.15) is 33.6 Å². The number of rotatable bonds is 31. The topological polar surface area (TPSA) is 179 Å². The number of anilines is 1. The average Bonchev–Trinajstić information content (AvgIpc) is 3.36. The second-order valence-electron chi connectivity index (χ2n) is 10.8. The van der Waals surface area contributed by atoms with Gasteiger partial charge in [0.05, 0.1) is 130 Å². The zero-order chi connectivity index (χ0) is 35.7. The molecule has 17 heteroatoms. The smallest absolute Gasteiger partial charge is 0.264 e. The van der Waals surface area contributed by atoms with Crippen molar-refractivity contribution in [2.45, 2.75) is 18.9 Å². The fourth-order valence-corrected chi connectivity index (χ4v) is 4.84. The summed E-state index contributed by atoms with van der Waals surface area (Å²) in [5.41, 5.74) is 0.899. The molecule has 1 atom stereocenters. The van der Waals surface area contributed by atoms with Crippen molar-refractivity contribution in [1.29, 1.82) is 0 Å². The van der Waals surface area contributed by atoms with Crippen LogP contribution in [0.25, 0.3) is 0 Å². The third-order valence-electron chi connectivity index (χ3n) is 7.23. The van der Waals surface area contributed by atoms with Gasteiger partial charge in [-0.05, 0) is 18.6 Å². The Morgan fingerprint density at radius 1 is 0.620 bits per heavy atom. The first kappa shape index (κ1) is 41.3. The van der Waals surface area contributed by atoms with Gasteiger partial charge in [0, 0.05) is 18.7 Å². The number of halogens is 1. The number of fused-ring (bicyclic) bond motifs is 1. The lowest BCUT2D eigenvalue weighted by atomic mass is 10.0. The number of ether oxygens (including phenoxy) is 9. The monoisotopic (exact) mass is 715 g/mol. The molecule has 2 aliphatic heterocycles. The molecule has 1 saturated heterocycles. The van der Waals surface area contributed by atoms with E-state index < -0.39 is 36.3 Å². The quantitative estimate of drug-likeness (QED) is 0.0808. The summed E-state index contributed by atoms with van der Waals surface area (Å²) < 4.78 is 60.3. The van der Waals surface area contributed by atoms with Gasteiger partial charge < -0.3 is 47.9 Å². The molecule has 50 heavy (non-hydrogen) atoms. The summed E-state index contributed by atoms with van der Waals surface area (Å²) in [5, 5.41) is 5.32. The Balaban J connectivity index is 1.06. The highest BCUT2D eigenvalue weighted by atomic mass is 19.1. The van der Waals surface area contributed by atoms with Gasteiger partial charge in [0.25, 0.3) is 11.8 Å². The average molecular weight is 716 g/mol. The molecule has 0 radical (unpaired) electrons. The largest absolute Gasteiger partial charge is 0.382 e. The van der Waals surface area contributed by atoms with E-state index in [1.54, 1.807) is 18.2 Å². The standard InChI is InChI=1S/C33H50FN3O13/c34-6-8-42-10-12-44-14-16-46-18-20-48-22-24-50-25-23-49-21-19-47-17-15-45-13-11-43-9-7-35-27-3-1-2-26-30(27)33(41)37(32(26)40)28-4-5-29(38)36-31(28)39/h1-3,28,35H,4-25H2,(H,36,38,39). The molecule has 0 aliphatic carbocycles. The van der Waals surface area contributed by atoms with Crippen LogP contribution in [-0.4, -0.2) is 167 Å². The Labute approximate surface area is 291 Å². The molecule has 1 unspecified atom stereocenters. The Hall–Kier alpha value is -3.13. The number of hydrogen-bond donors (Lipinski definition) is 2. The van der Waals surface area contributed by atoms with Gasteiger partial charge in [-0.25, -0.2) is 4.39 Å². The molecule has 0 spiro atoms. The highest BCUT2D eigenvalue weighted by Crippen LogP contribution is 2.32. The van der Waals surface area contributed by atoms with Gasteiger partial charge in [0.2, 0.25) is 11.8 Å². The van der Waals surface area contributed by atoms with E-state index in [-0.39, 0.29) is 30.6 Å². The van der Waals surface area contributed by atoms with Gasteiger partial charge in [-0.3, -0.25) is 29.4 Å². The van der Waals surface area contributed by atoms with E-state index in [0.717, 1.165) is 4.90 Å². The van der Waals surface area contributed by atoms with Gasteiger partial charge in [0.15, 0.2) is 0 Å². The van der Waals surface area contributed by atoms with Crippen molar-refractivity contribution in [3.8, 4) is 0 Å². The first-order valence-electron chi connectivity index (χ1n) is 16.9. The normalized spacial score (nSPS) is 15.9. The minimum absolute atomic E-state index is 0.0641. The van der Waals surface area contributed by atoms with E-state index in [4.69, 9.17) is 42.6 Å². The van der Waals surface area contributed by atoms with E-state index >= 15 is 0 Å². The molecule has 0 saturated carbocycles. The summed E-state index contributed by atoms with van der Waals surface area (Å²) in [6, 6.07) is 3.89. The third kappa shape index (κ3) is 15.4. The van der Waals surface area contributed by atoms with Gasteiger partial charge in [0.1, 0.15) is 12.7 Å². The lowest BCUT2D eigenvalue weighted by Crippen LogP contribution is -2.54. The number of carbonyl (C=O) groups excluding carboxylic acids is 4. The molecule has 2 heterocycles. The van der Waals surface area contributed by atoms with Crippen molar-refractivity contribution < 1.29 is 66.2 Å². The van der Waals surface area contributed by atoms with E-state index in [2.05, 4.69) is 10.6 Å². The molecule has 1 aromatic carbocycles. The summed E-state index contributed by atoms with van der Waals surface area (Å²) >= 11 is 0. The van der Waals surface area contributed by atoms with Crippen molar-refractivity contribution in [3.63, 3.8) is 0 Å². The van der Waals surface area contributed by atoms with E-state index in [0.29, 0.717) is 125 Å². The predicted octanol–water partition coefficient (Wildman–Crippen LogP) is 0.619. The highest BCUT2D eigenvalue weighted by Gasteiger charge is 2.45. The fraction of sp³-hybridized carbons (Fsp3) is 0.697. The van der Waals surface area contributed by atoms with Crippen LogP contribution in [0, 0.1) is 0 Å². The predicted molar refractivity (Wildman–Crippen MR) is 175 cm³/mol. The van der Waals surface area contributed by atoms with Crippen molar-refractivity contribution in [2.24, 2.45) is 0 Å². The Morgan fingerprint density at radius 3 is 1.50 bits per heavy atom. The number of nitrogens with one attached hydrogen (secondary N) is 2. The maximum absolute atomic E-state index is 13.1. The number of alkyl halides is 1. The molecule has 16 nitrogen and oxygen atoms in total. The second kappa shape index (κ2) is 25.8. The van der Waals surface area contributed by atoms with Crippen LogP contribution >= 0.6 is 0 Å².